The van der Waals surface area contributed by atoms with E-state index in [2.05, 4.69) is 5.32 Å². The van der Waals surface area contributed by atoms with Gasteiger partial charge < -0.3 is 15.5 Å². The van der Waals surface area contributed by atoms with Crippen LogP contribution in [0.3, 0.4) is 0 Å². The molecule has 0 fully saturated rings. The van der Waals surface area contributed by atoms with Crippen LogP contribution in [0.15, 0.2) is 72.8 Å². The van der Waals surface area contributed by atoms with Crippen LogP contribution in [0.2, 0.25) is 5.02 Å². The number of aromatic hydroxyl groups is 1. The average molecular weight is 497 g/mol. The van der Waals surface area contributed by atoms with Gasteiger partial charge in [0.25, 0.3) is 5.91 Å². The summed E-state index contributed by atoms with van der Waals surface area (Å²) in [5, 5.41) is 22.5. The predicted molar refractivity (Wildman–Crippen MR) is 141 cm³/mol. The molecule has 3 N–H and O–H groups in total. The third-order valence-electron chi connectivity index (χ3n) is 6.12. The Hall–Kier alpha value is -4.42. The number of rotatable bonds is 5. The van der Waals surface area contributed by atoms with Crippen molar-refractivity contribution < 1.29 is 19.8 Å². The fraction of sp³-hybridized carbons (Fsp3) is 0.0690. The third kappa shape index (κ3) is 4.46. The number of hydrogen-bond acceptors (Lipinski definition) is 4. The Morgan fingerprint density at radius 2 is 1.72 bits per heavy atom. The number of carboxylic acid groups (broad SMARTS) is 1. The number of aryl methyl sites for hydroxylation is 1. The van der Waals surface area contributed by atoms with Crippen LogP contribution in [0.1, 0.15) is 22.4 Å². The van der Waals surface area contributed by atoms with Crippen molar-refractivity contribution in [3.63, 3.8) is 0 Å². The lowest BCUT2D eigenvalue weighted by Gasteiger charge is -2.09. The van der Waals surface area contributed by atoms with Gasteiger partial charge in [-0.3, -0.25) is 9.59 Å². The first kappa shape index (κ1) is 23.3. The fourth-order valence-electron chi connectivity index (χ4n) is 4.25. The maximum Gasteiger partial charge on any atom is 0.307 e. The van der Waals surface area contributed by atoms with Crippen LogP contribution < -0.4 is 5.32 Å². The van der Waals surface area contributed by atoms with Gasteiger partial charge in [-0.05, 0) is 47.4 Å². The van der Waals surface area contributed by atoms with Gasteiger partial charge in [-0.1, -0.05) is 72.3 Å². The predicted octanol–water partition coefficient (Wildman–Crippen LogP) is 6.20. The summed E-state index contributed by atoms with van der Waals surface area (Å²) in [6.45, 7) is 1.85. The number of carboxylic acids is 1. The number of benzene rings is 3. The Labute approximate surface area is 212 Å². The van der Waals surface area contributed by atoms with Gasteiger partial charge in [0.1, 0.15) is 11.4 Å². The molecule has 0 spiro atoms. The van der Waals surface area contributed by atoms with Gasteiger partial charge in [0, 0.05) is 11.1 Å². The number of pyridine rings is 1. The lowest BCUT2D eigenvalue weighted by Crippen LogP contribution is -2.04. The number of nitrogens with one attached hydrogen (secondary N) is 1. The SMILES string of the molecule is Cc1ccc(C=C2C(=O)Nc3cc(Cl)c(-c4ccc(-c5ccccc5O)cc4)nc32)cc1CC(=O)O. The third-order valence-corrected chi connectivity index (χ3v) is 6.41. The second kappa shape index (κ2) is 9.32. The number of carbonyl (C=O) groups excluding carboxylic acids is 1. The molecule has 178 valence electrons. The second-order valence-electron chi connectivity index (χ2n) is 8.58. The molecule has 0 saturated heterocycles. The van der Waals surface area contributed by atoms with Crippen molar-refractivity contribution in [2.75, 3.05) is 5.32 Å². The number of amides is 1. The number of phenolic OH excluding ortho intramolecular Hbond substituents is 1. The summed E-state index contributed by atoms with van der Waals surface area (Å²) in [6.07, 6.45) is 1.61. The quantitative estimate of drug-likeness (QED) is 0.285. The van der Waals surface area contributed by atoms with Crippen LogP contribution in [-0.4, -0.2) is 27.1 Å². The summed E-state index contributed by atoms with van der Waals surface area (Å²) < 4.78 is 0. The van der Waals surface area contributed by atoms with Gasteiger partial charge in [-0.25, -0.2) is 4.98 Å². The molecule has 36 heavy (non-hydrogen) atoms. The van der Waals surface area contributed by atoms with Crippen LogP contribution in [0.4, 0.5) is 5.69 Å². The number of nitrogens with zero attached hydrogens (tertiary/aromatic N) is 1. The number of para-hydroxylation sites is 1. The molecule has 3 aromatic carbocycles. The van der Waals surface area contributed by atoms with Crippen LogP contribution in [0, 0.1) is 6.92 Å². The Bertz CT molecular complexity index is 1560. The van der Waals surface area contributed by atoms with E-state index in [-0.39, 0.29) is 18.1 Å². The van der Waals surface area contributed by atoms with E-state index in [4.69, 9.17) is 16.6 Å². The molecule has 0 aliphatic carbocycles. The highest BCUT2D eigenvalue weighted by Gasteiger charge is 2.28. The average Bonchev–Trinajstić information content (AvgIpc) is 3.14. The minimum absolute atomic E-state index is 0.0968. The summed E-state index contributed by atoms with van der Waals surface area (Å²) in [7, 11) is 0. The Kier molecular flexibility index (Phi) is 6.04. The van der Waals surface area contributed by atoms with Gasteiger partial charge in [0.15, 0.2) is 0 Å². The molecular weight excluding hydrogens is 476 g/mol. The number of aliphatic carboxylic acids is 1. The van der Waals surface area contributed by atoms with E-state index >= 15 is 0 Å². The number of halogens is 1. The molecule has 6 nitrogen and oxygen atoms in total. The van der Waals surface area contributed by atoms with Crippen LogP contribution >= 0.6 is 11.6 Å². The van der Waals surface area contributed by atoms with E-state index in [1.54, 1.807) is 30.3 Å². The summed E-state index contributed by atoms with van der Waals surface area (Å²) in [5.41, 5.74) is 6.49. The molecule has 0 saturated carbocycles. The molecule has 4 aromatic rings. The molecule has 7 heteroatoms. The van der Waals surface area contributed by atoms with Crippen molar-refractivity contribution in [2.24, 2.45) is 0 Å². The van der Waals surface area contributed by atoms with Crippen molar-refractivity contribution in [1.82, 2.24) is 4.98 Å². The van der Waals surface area contributed by atoms with Gasteiger partial charge in [0.05, 0.1) is 28.4 Å². The summed E-state index contributed by atoms with van der Waals surface area (Å²) in [6, 6.07) is 21.7. The first-order valence-corrected chi connectivity index (χ1v) is 11.6. The van der Waals surface area contributed by atoms with Crippen molar-refractivity contribution in [2.45, 2.75) is 13.3 Å². The standard InChI is InChI=1S/C29H21ClN2O4/c1-16-6-7-17(12-20(16)14-26(34)35)13-22-28-24(31-29(22)36)15-23(30)27(32-28)19-10-8-18(9-11-19)21-4-2-3-5-25(21)33/h2-13,15,33H,14H2,1H3,(H,31,36)(H,34,35). The second-order valence-corrected chi connectivity index (χ2v) is 8.99. The molecule has 2 heterocycles. The lowest BCUT2D eigenvalue weighted by atomic mass is 10.00. The van der Waals surface area contributed by atoms with Gasteiger partial charge in [0.2, 0.25) is 0 Å². The molecule has 0 atom stereocenters. The van der Waals surface area contributed by atoms with E-state index in [0.717, 1.165) is 22.3 Å². The smallest absolute Gasteiger partial charge is 0.307 e. The minimum Gasteiger partial charge on any atom is -0.507 e. The normalized spacial score (nSPS) is 13.5. The molecule has 0 unspecified atom stereocenters. The first-order chi connectivity index (χ1) is 17.3. The molecule has 1 amide bonds. The Morgan fingerprint density at radius 1 is 1.00 bits per heavy atom. The zero-order valence-electron chi connectivity index (χ0n) is 19.2. The Balaban J connectivity index is 1.53. The number of aromatic nitrogens is 1. The largest absolute Gasteiger partial charge is 0.507 e. The number of hydrogen-bond donors (Lipinski definition) is 3. The Morgan fingerprint density at radius 3 is 2.44 bits per heavy atom. The fourth-order valence-corrected chi connectivity index (χ4v) is 4.51. The van der Waals surface area contributed by atoms with Crippen LogP contribution in [-0.2, 0) is 16.0 Å². The molecule has 0 radical (unpaired) electrons. The van der Waals surface area contributed by atoms with Crippen LogP contribution in [0.25, 0.3) is 34.0 Å². The number of anilines is 1. The highest BCUT2D eigenvalue weighted by Crippen LogP contribution is 2.38. The van der Waals surface area contributed by atoms with E-state index < -0.39 is 5.97 Å². The first-order valence-electron chi connectivity index (χ1n) is 11.2. The lowest BCUT2D eigenvalue weighted by molar-refractivity contribution is -0.136. The molecule has 1 aromatic heterocycles. The van der Waals surface area contributed by atoms with Gasteiger partial charge in [-0.15, -0.1) is 0 Å². The van der Waals surface area contributed by atoms with Crippen molar-refractivity contribution in [1.29, 1.82) is 0 Å². The minimum atomic E-state index is -0.915. The maximum atomic E-state index is 12.8. The maximum absolute atomic E-state index is 12.8. The highest BCUT2D eigenvalue weighted by atomic mass is 35.5. The molecule has 1 aliphatic rings. The van der Waals surface area contributed by atoms with E-state index in [1.165, 1.54) is 0 Å². The monoisotopic (exact) mass is 496 g/mol. The van der Waals surface area contributed by atoms with Crippen LogP contribution in [0.5, 0.6) is 5.75 Å². The summed E-state index contributed by atoms with van der Waals surface area (Å²) in [4.78, 5) is 28.7. The zero-order chi connectivity index (χ0) is 25.4. The summed E-state index contributed by atoms with van der Waals surface area (Å²) >= 11 is 6.54. The molecule has 5 rings (SSSR count). The summed E-state index contributed by atoms with van der Waals surface area (Å²) in [5.74, 6) is -1.02. The van der Waals surface area contributed by atoms with Gasteiger partial charge in [-0.2, -0.15) is 0 Å². The molecular formula is C29H21ClN2O4. The highest BCUT2D eigenvalue weighted by molar-refractivity contribution is 6.37. The number of fused-ring (bicyclic) bond motifs is 1. The van der Waals surface area contributed by atoms with E-state index in [0.29, 0.717) is 38.8 Å². The van der Waals surface area contributed by atoms with Crippen molar-refractivity contribution in [3.8, 4) is 28.1 Å². The topological polar surface area (TPSA) is 99.5 Å². The van der Waals surface area contributed by atoms with Crippen molar-refractivity contribution >= 4 is 40.8 Å². The van der Waals surface area contributed by atoms with Gasteiger partial charge >= 0.3 is 5.97 Å². The van der Waals surface area contributed by atoms with E-state index in [1.807, 2.05) is 55.5 Å². The van der Waals surface area contributed by atoms with E-state index in [9.17, 15) is 19.8 Å². The van der Waals surface area contributed by atoms with Crippen molar-refractivity contribution in [3.05, 3.63) is 100 Å². The number of phenols is 1. The number of carbonyl (C=O) groups is 2. The molecule has 0 bridgehead atoms. The zero-order valence-corrected chi connectivity index (χ0v) is 20.0. The molecule has 1 aliphatic heterocycles.